The summed E-state index contributed by atoms with van der Waals surface area (Å²) in [5, 5.41) is 6.88. The summed E-state index contributed by atoms with van der Waals surface area (Å²) in [6.07, 6.45) is -0.167. The number of hydrogen-bond donors (Lipinski definition) is 1. The second-order valence-electron chi connectivity index (χ2n) is 7.22. The van der Waals surface area contributed by atoms with Gasteiger partial charge in [0.1, 0.15) is 6.04 Å². The lowest BCUT2D eigenvalue weighted by Crippen LogP contribution is -2.44. The number of benzene rings is 2. The first kappa shape index (κ1) is 21.9. The average Bonchev–Trinajstić information content (AvgIpc) is 3.40. The first-order valence-corrected chi connectivity index (χ1v) is 12.1. The maximum Gasteiger partial charge on any atom is 0.264 e. The Kier molecular flexibility index (Phi) is 5.92. The highest BCUT2D eigenvalue weighted by atomic mass is 32.2. The second kappa shape index (κ2) is 8.65. The third kappa shape index (κ3) is 4.33. The summed E-state index contributed by atoms with van der Waals surface area (Å²) in [7, 11) is -3.91. The molecule has 3 amide bonds. The third-order valence-corrected chi connectivity index (χ3v) is 6.90. The molecule has 1 saturated heterocycles. The Balaban J connectivity index is 1.65. The lowest BCUT2D eigenvalue weighted by Gasteiger charge is -2.27. The molecule has 2 N–H and O–H groups in total. The summed E-state index contributed by atoms with van der Waals surface area (Å²) in [5.74, 6) is -1.35. The van der Waals surface area contributed by atoms with Crippen LogP contribution in [0.1, 0.15) is 21.7 Å². The summed E-state index contributed by atoms with van der Waals surface area (Å²) < 4.78 is 23.0. The number of primary sulfonamides is 1. The van der Waals surface area contributed by atoms with E-state index in [1.165, 1.54) is 40.5 Å². The van der Waals surface area contributed by atoms with Crippen molar-refractivity contribution < 1.29 is 22.8 Å². The molecule has 0 saturated carbocycles. The van der Waals surface area contributed by atoms with E-state index in [1.807, 2.05) is 30.3 Å². The molecule has 0 aliphatic carbocycles. The minimum atomic E-state index is -3.91. The van der Waals surface area contributed by atoms with Gasteiger partial charge in [0.2, 0.25) is 15.9 Å². The molecular weight excluding hydrogens is 450 g/mol. The highest BCUT2D eigenvalue weighted by Gasteiger charge is 2.44. The second-order valence-corrected chi connectivity index (χ2v) is 9.73. The van der Waals surface area contributed by atoms with Gasteiger partial charge in [-0.15, -0.1) is 11.3 Å². The van der Waals surface area contributed by atoms with Crippen molar-refractivity contribution in [3.05, 3.63) is 82.6 Å². The highest BCUT2D eigenvalue weighted by Crippen LogP contribution is 2.29. The molecule has 1 aliphatic rings. The minimum absolute atomic E-state index is 0.129. The summed E-state index contributed by atoms with van der Waals surface area (Å²) >= 11 is 1.26. The van der Waals surface area contributed by atoms with Gasteiger partial charge < -0.3 is 4.90 Å². The third-order valence-electron chi connectivity index (χ3n) is 5.11. The van der Waals surface area contributed by atoms with Crippen LogP contribution in [0.15, 0.2) is 77.0 Å². The zero-order valence-corrected chi connectivity index (χ0v) is 18.4. The van der Waals surface area contributed by atoms with Crippen LogP contribution in [0.25, 0.3) is 0 Å². The lowest BCUT2D eigenvalue weighted by molar-refractivity contribution is -0.122. The maximum absolute atomic E-state index is 13.3. The molecule has 3 aromatic rings. The monoisotopic (exact) mass is 469 g/mol. The maximum atomic E-state index is 13.3. The zero-order valence-electron chi connectivity index (χ0n) is 16.7. The molecule has 32 heavy (non-hydrogen) atoms. The predicted molar refractivity (Wildman–Crippen MR) is 119 cm³/mol. The van der Waals surface area contributed by atoms with Crippen LogP contribution in [0, 0.1) is 0 Å². The van der Waals surface area contributed by atoms with E-state index < -0.39 is 27.9 Å². The molecule has 164 valence electrons. The Hall–Kier alpha value is -3.34. The van der Waals surface area contributed by atoms with Crippen molar-refractivity contribution in [1.29, 1.82) is 0 Å². The van der Waals surface area contributed by atoms with Crippen molar-refractivity contribution in [2.75, 3.05) is 4.90 Å². The van der Waals surface area contributed by atoms with Crippen molar-refractivity contribution in [2.24, 2.45) is 5.14 Å². The van der Waals surface area contributed by atoms with E-state index in [-0.39, 0.29) is 29.5 Å². The quantitative estimate of drug-likeness (QED) is 0.556. The standard InChI is InChI=1S/C22H19N3O5S2/c23-32(29,30)17-10-8-16(9-11-17)25-20(26)13-18(21(25)27)24(14-15-5-2-1-3-6-15)22(28)19-7-4-12-31-19/h1-12,18H,13-14H2,(H2,23,29,30). The molecule has 1 aromatic heterocycles. The molecule has 2 aromatic carbocycles. The van der Waals surface area contributed by atoms with Gasteiger partial charge in [0.15, 0.2) is 0 Å². The largest absolute Gasteiger partial charge is 0.321 e. The van der Waals surface area contributed by atoms with Crippen molar-refractivity contribution in [3.8, 4) is 0 Å². The molecule has 10 heteroatoms. The van der Waals surface area contributed by atoms with Gasteiger partial charge in [-0.05, 0) is 41.3 Å². The van der Waals surface area contributed by atoms with Crippen molar-refractivity contribution in [2.45, 2.75) is 23.9 Å². The molecule has 8 nitrogen and oxygen atoms in total. The number of nitrogens with two attached hydrogens (primary N) is 1. The number of rotatable bonds is 6. The van der Waals surface area contributed by atoms with E-state index in [0.717, 1.165) is 10.5 Å². The van der Waals surface area contributed by atoms with Crippen LogP contribution in [0.4, 0.5) is 5.69 Å². The first-order chi connectivity index (χ1) is 15.3. The molecule has 1 fully saturated rings. The van der Waals surface area contributed by atoms with E-state index in [0.29, 0.717) is 4.88 Å². The molecule has 0 spiro atoms. The van der Waals surface area contributed by atoms with Gasteiger partial charge in [0.25, 0.3) is 11.8 Å². The SMILES string of the molecule is NS(=O)(=O)c1ccc(N2C(=O)CC(N(Cc3ccccc3)C(=O)c3cccs3)C2=O)cc1. The summed E-state index contributed by atoms with van der Waals surface area (Å²) in [5.41, 5.74) is 1.05. The van der Waals surface area contributed by atoms with E-state index in [1.54, 1.807) is 17.5 Å². The molecular formula is C22H19N3O5S2. The Morgan fingerprint density at radius 2 is 1.72 bits per heavy atom. The summed E-state index contributed by atoms with van der Waals surface area (Å²) in [4.78, 5) is 42.0. The average molecular weight is 470 g/mol. The van der Waals surface area contributed by atoms with E-state index in [2.05, 4.69) is 0 Å². The first-order valence-electron chi connectivity index (χ1n) is 9.64. The molecule has 0 radical (unpaired) electrons. The number of hydrogen-bond acceptors (Lipinski definition) is 6. The fourth-order valence-corrected chi connectivity index (χ4v) is 4.76. The topological polar surface area (TPSA) is 118 Å². The van der Waals surface area contributed by atoms with Crippen molar-refractivity contribution in [3.63, 3.8) is 0 Å². The minimum Gasteiger partial charge on any atom is -0.321 e. The number of nitrogens with zero attached hydrogens (tertiary/aromatic N) is 2. The van der Waals surface area contributed by atoms with Crippen LogP contribution in [0.3, 0.4) is 0 Å². The molecule has 1 aliphatic heterocycles. The Bertz CT molecular complexity index is 1260. The summed E-state index contributed by atoms with van der Waals surface area (Å²) in [6, 6.07) is 16.8. The zero-order chi connectivity index (χ0) is 22.9. The molecule has 2 heterocycles. The molecule has 4 rings (SSSR count). The van der Waals surface area contributed by atoms with Crippen LogP contribution in [0.2, 0.25) is 0 Å². The van der Waals surface area contributed by atoms with Gasteiger partial charge in [-0.3, -0.25) is 14.4 Å². The Morgan fingerprint density at radius 1 is 1.03 bits per heavy atom. The Morgan fingerprint density at radius 3 is 2.31 bits per heavy atom. The van der Waals surface area contributed by atoms with Crippen molar-refractivity contribution >= 4 is 44.8 Å². The van der Waals surface area contributed by atoms with E-state index in [4.69, 9.17) is 5.14 Å². The smallest absolute Gasteiger partial charge is 0.264 e. The van der Waals surface area contributed by atoms with Gasteiger partial charge in [0, 0.05) is 6.54 Å². The van der Waals surface area contributed by atoms with Crippen LogP contribution in [-0.2, 0) is 26.2 Å². The Labute approximate surface area is 188 Å². The highest BCUT2D eigenvalue weighted by molar-refractivity contribution is 7.89. The lowest BCUT2D eigenvalue weighted by atomic mass is 10.1. The summed E-state index contributed by atoms with van der Waals surface area (Å²) in [6.45, 7) is 0.166. The van der Waals surface area contributed by atoms with Crippen LogP contribution in [-0.4, -0.2) is 37.1 Å². The van der Waals surface area contributed by atoms with Gasteiger partial charge in [0.05, 0.1) is 21.9 Å². The number of amides is 3. The van der Waals surface area contributed by atoms with Crippen molar-refractivity contribution in [1.82, 2.24) is 4.90 Å². The molecule has 1 atom stereocenters. The number of sulfonamides is 1. The number of anilines is 1. The fourth-order valence-electron chi connectivity index (χ4n) is 3.56. The number of carbonyl (C=O) groups excluding carboxylic acids is 3. The van der Waals surface area contributed by atoms with E-state index in [9.17, 15) is 22.8 Å². The van der Waals surface area contributed by atoms with Gasteiger partial charge >= 0.3 is 0 Å². The van der Waals surface area contributed by atoms with Crippen LogP contribution >= 0.6 is 11.3 Å². The number of thiophene rings is 1. The van der Waals surface area contributed by atoms with Gasteiger partial charge in [-0.2, -0.15) is 0 Å². The number of imide groups is 1. The van der Waals surface area contributed by atoms with Gasteiger partial charge in [-0.1, -0.05) is 36.4 Å². The van der Waals surface area contributed by atoms with Gasteiger partial charge in [-0.25, -0.2) is 18.5 Å². The fraction of sp³-hybridized carbons (Fsp3) is 0.136. The molecule has 1 unspecified atom stereocenters. The van der Waals surface area contributed by atoms with E-state index >= 15 is 0 Å². The van der Waals surface area contributed by atoms with Crippen LogP contribution in [0.5, 0.6) is 0 Å². The predicted octanol–water partition coefficient (Wildman–Crippen LogP) is 2.37. The molecule has 0 bridgehead atoms. The van der Waals surface area contributed by atoms with Crippen LogP contribution < -0.4 is 10.0 Å². The normalized spacial score (nSPS) is 16.4. The number of carbonyl (C=O) groups is 3.